The highest BCUT2D eigenvalue weighted by molar-refractivity contribution is 9.10. The van der Waals surface area contributed by atoms with E-state index in [0.717, 1.165) is 23.2 Å². The molecule has 21 heavy (non-hydrogen) atoms. The summed E-state index contributed by atoms with van der Waals surface area (Å²) in [5.74, 6) is 0.977. The third-order valence-electron chi connectivity index (χ3n) is 3.89. The fraction of sp³-hybridized carbons (Fsp3) is 0.412. The fourth-order valence-corrected chi connectivity index (χ4v) is 4.17. The Hall–Kier alpha value is -0.840. The van der Waals surface area contributed by atoms with Gasteiger partial charge in [-0.05, 0) is 76.4 Å². The Morgan fingerprint density at radius 3 is 3.05 bits per heavy atom. The number of hydrogen-bond acceptors (Lipinski definition) is 3. The maximum atomic E-state index is 5.93. The van der Waals surface area contributed by atoms with Gasteiger partial charge in [0.2, 0.25) is 0 Å². The van der Waals surface area contributed by atoms with Crippen LogP contribution in [0.15, 0.2) is 34.1 Å². The zero-order chi connectivity index (χ0) is 14.7. The third kappa shape index (κ3) is 3.50. The molecule has 0 radical (unpaired) electrons. The highest BCUT2D eigenvalue weighted by atomic mass is 79.9. The van der Waals surface area contributed by atoms with Gasteiger partial charge in [0.25, 0.3) is 0 Å². The Labute approximate surface area is 138 Å². The summed E-state index contributed by atoms with van der Waals surface area (Å²) in [7, 11) is 0. The molecule has 1 aliphatic carbocycles. The first kappa shape index (κ1) is 15.1. The van der Waals surface area contributed by atoms with E-state index < -0.39 is 0 Å². The molecule has 2 aromatic rings. The van der Waals surface area contributed by atoms with Crippen LogP contribution in [0.3, 0.4) is 0 Å². The Balaban J connectivity index is 1.65. The van der Waals surface area contributed by atoms with Crippen molar-refractivity contribution in [2.24, 2.45) is 0 Å². The van der Waals surface area contributed by atoms with Crippen molar-refractivity contribution in [3.8, 4) is 5.75 Å². The molecule has 1 aromatic carbocycles. The van der Waals surface area contributed by atoms with Gasteiger partial charge in [-0.15, -0.1) is 11.3 Å². The van der Waals surface area contributed by atoms with E-state index in [0.29, 0.717) is 12.6 Å². The summed E-state index contributed by atoms with van der Waals surface area (Å²) >= 11 is 5.27. The molecule has 2 nitrogen and oxygen atoms in total. The molecule has 3 rings (SSSR count). The first-order valence-electron chi connectivity index (χ1n) is 7.49. The van der Waals surface area contributed by atoms with Crippen LogP contribution >= 0.6 is 27.3 Å². The molecule has 0 bridgehead atoms. The first-order chi connectivity index (χ1) is 10.3. The van der Waals surface area contributed by atoms with Crippen LogP contribution in [0, 0.1) is 0 Å². The predicted octanol–water partition coefficient (Wildman–Crippen LogP) is 5.08. The van der Waals surface area contributed by atoms with E-state index in [1.54, 1.807) is 11.3 Å². The third-order valence-corrected chi connectivity index (χ3v) is 5.79. The standard InChI is InChI=1S/C17H20BrNOS/c1-2-8-19-16-6-3-12-10-13(4-5-14(12)16)20-11-17-15(18)7-9-21-17/h4-5,7,9-10,16,19H,2-3,6,8,11H2,1H3. The van der Waals surface area contributed by atoms with E-state index in [1.807, 2.05) is 0 Å². The van der Waals surface area contributed by atoms with Gasteiger partial charge in [-0.1, -0.05) is 13.0 Å². The van der Waals surface area contributed by atoms with Gasteiger partial charge in [0.1, 0.15) is 12.4 Å². The van der Waals surface area contributed by atoms with Crippen LogP contribution in [-0.4, -0.2) is 6.54 Å². The summed E-state index contributed by atoms with van der Waals surface area (Å²) in [5.41, 5.74) is 2.89. The highest BCUT2D eigenvalue weighted by Crippen LogP contribution is 2.34. The van der Waals surface area contributed by atoms with Crippen LogP contribution in [0.5, 0.6) is 5.75 Å². The number of rotatable bonds is 6. The Bertz CT molecular complexity index is 611. The largest absolute Gasteiger partial charge is 0.488 e. The number of halogens is 1. The molecule has 1 aliphatic rings. The van der Waals surface area contributed by atoms with E-state index in [2.05, 4.69) is 57.8 Å². The van der Waals surface area contributed by atoms with Gasteiger partial charge >= 0.3 is 0 Å². The van der Waals surface area contributed by atoms with Crippen LogP contribution in [-0.2, 0) is 13.0 Å². The molecule has 1 unspecified atom stereocenters. The summed E-state index contributed by atoms with van der Waals surface area (Å²) in [5, 5.41) is 5.70. The zero-order valence-corrected chi connectivity index (χ0v) is 14.6. The van der Waals surface area contributed by atoms with E-state index >= 15 is 0 Å². The molecule has 1 heterocycles. The molecule has 1 N–H and O–H groups in total. The fourth-order valence-electron chi connectivity index (χ4n) is 2.79. The van der Waals surface area contributed by atoms with Crippen molar-refractivity contribution < 1.29 is 4.74 Å². The van der Waals surface area contributed by atoms with Gasteiger partial charge in [0.05, 0.1) is 4.88 Å². The minimum absolute atomic E-state index is 0.528. The molecular formula is C17H20BrNOS. The summed E-state index contributed by atoms with van der Waals surface area (Å²) < 4.78 is 7.07. The molecule has 112 valence electrons. The second-order valence-electron chi connectivity index (χ2n) is 5.39. The molecule has 0 saturated heterocycles. The number of benzene rings is 1. The number of fused-ring (bicyclic) bond motifs is 1. The van der Waals surface area contributed by atoms with Crippen molar-refractivity contribution in [1.82, 2.24) is 5.32 Å². The van der Waals surface area contributed by atoms with Crippen LogP contribution in [0.4, 0.5) is 0 Å². The van der Waals surface area contributed by atoms with Gasteiger partial charge in [-0.2, -0.15) is 0 Å². The highest BCUT2D eigenvalue weighted by Gasteiger charge is 2.22. The number of nitrogens with one attached hydrogen (secondary N) is 1. The molecule has 0 aliphatic heterocycles. The lowest BCUT2D eigenvalue weighted by Gasteiger charge is -2.14. The van der Waals surface area contributed by atoms with E-state index in [-0.39, 0.29) is 0 Å². The SMILES string of the molecule is CCCNC1CCc2cc(OCc3sccc3Br)ccc21. The number of aryl methyl sites for hydroxylation is 1. The second-order valence-corrected chi connectivity index (χ2v) is 7.24. The summed E-state index contributed by atoms with van der Waals surface area (Å²) in [6, 6.07) is 9.14. The molecule has 0 spiro atoms. The quantitative estimate of drug-likeness (QED) is 0.770. The first-order valence-corrected chi connectivity index (χ1v) is 9.16. The maximum Gasteiger partial charge on any atom is 0.124 e. The van der Waals surface area contributed by atoms with Crippen LogP contribution in [0.2, 0.25) is 0 Å². The molecule has 1 aromatic heterocycles. The van der Waals surface area contributed by atoms with Crippen molar-refractivity contribution in [3.05, 3.63) is 50.1 Å². The van der Waals surface area contributed by atoms with Crippen LogP contribution < -0.4 is 10.1 Å². The predicted molar refractivity (Wildman–Crippen MR) is 92.1 cm³/mol. The molecule has 1 atom stereocenters. The van der Waals surface area contributed by atoms with Gasteiger partial charge in [-0.25, -0.2) is 0 Å². The van der Waals surface area contributed by atoms with Crippen molar-refractivity contribution in [3.63, 3.8) is 0 Å². The second kappa shape index (κ2) is 6.95. The average molecular weight is 366 g/mol. The minimum atomic E-state index is 0.528. The monoisotopic (exact) mass is 365 g/mol. The maximum absolute atomic E-state index is 5.93. The normalized spacial score (nSPS) is 17.0. The topological polar surface area (TPSA) is 21.3 Å². The number of ether oxygens (including phenoxy) is 1. The lowest BCUT2D eigenvalue weighted by atomic mass is 10.1. The van der Waals surface area contributed by atoms with Crippen LogP contribution in [0.25, 0.3) is 0 Å². The Morgan fingerprint density at radius 1 is 1.38 bits per heavy atom. The average Bonchev–Trinajstić information content (AvgIpc) is 3.09. The van der Waals surface area contributed by atoms with Gasteiger partial charge in [0.15, 0.2) is 0 Å². The van der Waals surface area contributed by atoms with E-state index in [4.69, 9.17) is 4.74 Å². The molecule has 0 fully saturated rings. The number of hydrogen-bond donors (Lipinski definition) is 1. The minimum Gasteiger partial charge on any atom is -0.488 e. The molecule has 4 heteroatoms. The lowest BCUT2D eigenvalue weighted by Crippen LogP contribution is -2.19. The van der Waals surface area contributed by atoms with E-state index in [1.165, 1.54) is 28.8 Å². The summed E-state index contributed by atoms with van der Waals surface area (Å²) in [4.78, 5) is 1.23. The van der Waals surface area contributed by atoms with Crippen molar-refractivity contribution >= 4 is 27.3 Å². The van der Waals surface area contributed by atoms with E-state index in [9.17, 15) is 0 Å². The lowest BCUT2D eigenvalue weighted by molar-refractivity contribution is 0.309. The van der Waals surface area contributed by atoms with Gasteiger partial charge < -0.3 is 10.1 Å². The Kier molecular flexibility index (Phi) is 4.99. The zero-order valence-electron chi connectivity index (χ0n) is 12.2. The van der Waals surface area contributed by atoms with Gasteiger partial charge in [-0.3, -0.25) is 0 Å². The molecular weight excluding hydrogens is 346 g/mol. The van der Waals surface area contributed by atoms with Crippen molar-refractivity contribution in [2.45, 2.75) is 38.8 Å². The summed E-state index contributed by atoms with van der Waals surface area (Å²) in [6.07, 6.45) is 3.54. The van der Waals surface area contributed by atoms with Crippen LogP contribution in [0.1, 0.15) is 41.8 Å². The summed E-state index contributed by atoms with van der Waals surface area (Å²) in [6.45, 7) is 3.94. The molecule has 0 amide bonds. The number of thiophene rings is 1. The van der Waals surface area contributed by atoms with Crippen molar-refractivity contribution in [2.75, 3.05) is 6.54 Å². The van der Waals surface area contributed by atoms with Crippen molar-refractivity contribution in [1.29, 1.82) is 0 Å². The Morgan fingerprint density at radius 2 is 2.29 bits per heavy atom. The van der Waals surface area contributed by atoms with Gasteiger partial charge in [0, 0.05) is 10.5 Å². The smallest absolute Gasteiger partial charge is 0.124 e. The molecule has 0 saturated carbocycles.